The van der Waals surface area contributed by atoms with Gasteiger partial charge in [0.15, 0.2) is 0 Å². The van der Waals surface area contributed by atoms with E-state index >= 15 is 0 Å². The van der Waals surface area contributed by atoms with E-state index in [0.29, 0.717) is 0 Å². The lowest BCUT2D eigenvalue weighted by Crippen LogP contribution is -2.69. The molecular weight excluding hydrogens is 464 g/mol. The van der Waals surface area contributed by atoms with E-state index in [1.807, 2.05) is 0 Å². The number of hydrogen-bond acceptors (Lipinski definition) is 3. The van der Waals surface area contributed by atoms with Gasteiger partial charge in [-0.2, -0.15) is 0 Å². The van der Waals surface area contributed by atoms with Crippen LogP contribution in [0.25, 0.3) is 0 Å². The van der Waals surface area contributed by atoms with E-state index in [9.17, 15) is 5.11 Å². The van der Waals surface area contributed by atoms with Crippen LogP contribution in [0.4, 0.5) is 0 Å². The van der Waals surface area contributed by atoms with Crippen LogP contribution < -0.4 is 0 Å². The summed E-state index contributed by atoms with van der Waals surface area (Å²) in [6, 6.07) is 43.7. The standard InChI is InChI=1S/C35H30N2O/c1-2-34(38)30-28(24-15-7-3-8-16-24)36-23-37-29(25-17-9-4-10-18-25)31(34)35(30,32(36)26-19-11-5-12-20-26)33(37)27-21-13-6-14-22-27/h1,3-22,28-33,38H,23H2/t28-,29+,30+,31-,32-,33-,34?,35?/m0/s1. The molecule has 1 aliphatic carbocycles. The largest absolute Gasteiger partial charge is 0.377 e. The molecule has 1 N–H and O–H groups in total. The number of terminal acetylenes is 1. The van der Waals surface area contributed by atoms with E-state index in [1.165, 1.54) is 22.3 Å². The van der Waals surface area contributed by atoms with Gasteiger partial charge in [0.2, 0.25) is 0 Å². The molecule has 4 fully saturated rings. The highest BCUT2D eigenvalue weighted by molar-refractivity contribution is 5.51. The predicted molar refractivity (Wildman–Crippen MR) is 148 cm³/mol. The fourth-order valence-corrected chi connectivity index (χ4v) is 9.20. The van der Waals surface area contributed by atoms with Gasteiger partial charge in [-0.3, -0.25) is 9.80 Å². The second kappa shape index (κ2) is 7.91. The summed E-state index contributed by atoms with van der Waals surface area (Å²) in [5.41, 5.74) is 3.63. The maximum absolute atomic E-state index is 12.6. The van der Waals surface area contributed by atoms with Crippen molar-refractivity contribution in [3.05, 3.63) is 144 Å². The maximum Gasteiger partial charge on any atom is 0.135 e. The van der Waals surface area contributed by atoms with Crippen LogP contribution >= 0.6 is 0 Å². The van der Waals surface area contributed by atoms with Crippen LogP contribution in [0.15, 0.2) is 121 Å². The number of aliphatic hydroxyl groups is 1. The highest BCUT2D eigenvalue weighted by atomic mass is 16.3. The molecule has 0 aromatic heterocycles. The Hall–Kier alpha value is -3.68. The molecule has 186 valence electrons. The van der Waals surface area contributed by atoms with Gasteiger partial charge < -0.3 is 5.11 Å². The average molecular weight is 495 g/mol. The lowest BCUT2D eigenvalue weighted by Gasteiger charge is -2.63. The number of hydrogen-bond donors (Lipinski definition) is 1. The zero-order valence-electron chi connectivity index (χ0n) is 21.1. The van der Waals surface area contributed by atoms with Crippen molar-refractivity contribution in [2.45, 2.75) is 29.8 Å². The zero-order chi connectivity index (χ0) is 25.5. The van der Waals surface area contributed by atoms with Crippen LogP contribution in [0, 0.1) is 29.6 Å². The second-order valence-electron chi connectivity index (χ2n) is 11.4. The minimum absolute atomic E-state index is 0.0339. The van der Waals surface area contributed by atoms with Gasteiger partial charge in [-0.05, 0) is 22.3 Å². The van der Waals surface area contributed by atoms with Crippen molar-refractivity contribution in [3.8, 4) is 12.3 Å². The highest BCUT2D eigenvalue weighted by Crippen LogP contribution is 2.87. The summed E-state index contributed by atoms with van der Waals surface area (Å²) in [5, 5.41) is 12.6. The Morgan fingerprint density at radius 1 is 0.579 bits per heavy atom. The second-order valence-corrected chi connectivity index (χ2v) is 11.4. The molecule has 0 radical (unpaired) electrons. The molecule has 4 unspecified atom stereocenters. The molecule has 3 nitrogen and oxygen atoms in total. The fourth-order valence-electron chi connectivity index (χ4n) is 9.20. The van der Waals surface area contributed by atoms with Gasteiger partial charge >= 0.3 is 0 Å². The number of fused-ring (bicyclic) bond motifs is 2. The summed E-state index contributed by atoms with van der Waals surface area (Å²) in [5.74, 6) is 2.81. The van der Waals surface area contributed by atoms with Gasteiger partial charge in [-0.15, -0.1) is 6.42 Å². The zero-order valence-corrected chi connectivity index (χ0v) is 21.1. The van der Waals surface area contributed by atoms with Crippen molar-refractivity contribution in [2.75, 3.05) is 6.67 Å². The molecule has 3 heterocycles. The summed E-state index contributed by atoms with van der Waals surface area (Å²) in [4.78, 5) is 5.31. The van der Waals surface area contributed by atoms with E-state index in [4.69, 9.17) is 6.42 Å². The molecule has 3 bridgehead atoms. The highest BCUT2D eigenvalue weighted by Gasteiger charge is 2.89. The van der Waals surface area contributed by atoms with Crippen LogP contribution in [-0.4, -0.2) is 27.2 Å². The van der Waals surface area contributed by atoms with E-state index < -0.39 is 5.60 Å². The Labute approximate surface area is 224 Å². The van der Waals surface area contributed by atoms with Gasteiger partial charge in [-0.25, -0.2) is 0 Å². The van der Waals surface area contributed by atoms with Crippen LogP contribution in [0.3, 0.4) is 0 Å². The third-order valence-electron chi connectivity index (χ3n) is 10.1. The topological polar surface area (TPSA) is 26.7 Å². The van der Waals surface area contributed by atoms with E-state index in [-0.39, 0.29) is 41.4 Å². The fraction of sp³-hybridized carbons (Fsp3) is 0.257. The van der Waals surface area contributed by atoms with E-state index in [0.717, 1.165) is 6.67 Å². The normalized spacial score (nSPS) is 39.8. The minimum Gasteiger partial charge on any atom is -0.377 e. The van der Waals surface area contributed by atoms with Crippen molar-refractivity contribution in [2.24, 2.45) is 17.3 Å². The van der Waals surface area contributed by atoms with Gasteiger partial charge in [0.1, 0.15) is 5.60 Å². The molecule has 4 aliphatic rings. The third kappa shape index (κ3) is 2.56. The number of benzene rings is 4. The van der Waals surface area contributed by atoms with Crippen molar-refractivity contribution in [1.82, 2.24) is 9.80 Å². The molecular formula is C35H30N2O. The van der Waals surface area contributed by atoms with Crippen molar-refractivity contribution < 1.29 is 5.11 Å². The van der Waals surface area contributed by atoms with Gasteiger partial charge in [0, 0.05) is 41.4 Å². The quantitative estimate of drug-likeness (QED) is 0.345. The Morgan fingerprint density at radius 3 is 1.26 bits per heavy atom. The molecule has 38 heavy (non-hydrogen) atoms. The summed E-state index contributed by atoms with van der Waals surface area (Å²) in [6.45, 7) is 0.813. The average Bonchev–Trinajstić information content (AvgIpc) is 3.30. The first-order chi connectivity index (χ1) is 18.7. The smallest absolute Gasteiger partial charge is 0.135 e. The lowest BCUT2D eigenvalue weighted by molar-refractivity contribution is -0.211. The lowest BCUT2D eigenvalue weighted by atomic mass is 9.39. The molecule has 3 aliphatic heterocycles. The molecule has 0 amide bonds. The Kier molecular flexibility index (Phi) is 4.65. The SMILES string of the molecule is C#CC1(O)[C@H]2[C@H](c3ccccc3)N3CN4[C@H](c5ccccc5)[C@@H]1C2([C@@H]4c1ccccc1)[C@@H]3c1ccccc1. The van der Waals surface area contributed by atoms with Crippen molar-refractivity contribution >= 4 is 0 Å². The predicted octanol–water partition coefficient (Wildman–Crippen LogP) is 6.15. The Balaban J connectivity index is 1.44. The van der Waals surface area contributed by atoms with Crippen LogP contribution in [-0.2, 0) is 0 Å². The molecule has 3 heteroatoms. The Bertz CT molecular complexity index is 1410. The van der Waals surface area contributed by atoms with Crippen LogP contribution in [0.2, 0.25) is 0 Å². The molecule has 4 aromatic carbocycles. The Morgan fingerprint density at radius 2 is 0.921 bits per heavy atom. The van der Waals surface area contributed by atoms with Gasteiger partial charge in [0.25, 0.3) is 0 Å². The van der Waals surface area contributed by atoms with Gasteiger partial charge in [-0.1, -0.05) is 127 Å². The molecule has 8 rings (SSSR count). The molecule has 1 spiro atoms. The third-order valence-corrected chi connectivity index (χ3v) is 10.1. The summed E-state index contributed by atoms with van der Waals surface area (Å²) in [7, 11) is 0. The summed E-state index contributed by atoms with van der Waals surface area (Å²) in [6.07, 6.45) is 6.35. The van der Waals surface area contributed by atoms with Crippen molar-refractivity contribution in [1.29, 1.82) is 0 Å². The van der Waals surface area contributed by atoms with Crippen molar-refractivity contribution in [3.63, 3.8) is 0 Å². The first-order valence-corrected chi connectivity index (χ1v) is 13.6. The van der Waals surface area contributed by atoms with E-state index in [2.05, 4.69) is 137 Å². The monoisotopic (exact) mass is 494 g/mol. The number of rotatable bonds is 4. The van der Waals surface area contributed by atoms with E-state index in [1.54, 1.807) is 0 Å². The van der Waals surface area contributed by atoms with Gasteiger partial charge in [0.05, 0.1) is 6.67 Å². The first kappa shape index (κ1) is 22.3. The maximum atomic E-state index is 12.6. The summed E-state index contributed by atoms with van der Waals surface area (Å²) < 4.78 is 0. The molecule has 4 aromatic rings. The van der Waals surface area contributed by atoms with Crippen LogP contribution in [0.1, 0.15) is 46.4 Å². The molecule has 10 atom stereocenters. The van der Waals surface area contributed by atoms with Crippen LogP contribution in [0.5, 0.6) is 0 Å². The number of nitrogens with zero attached hydrogens (tertiary/aromatic N) is 2. The summed E-state index contributed by atoms with van der Waals surface area (Å²) >= 11 is 0. The molecule has 1 saturated carbocycles. The first-order valence-electron chi connectivity index (χ1n) is 13.6. The minimum atomic E-state index is -1.22. The molecule has 3 saturated heterocycles.